The highest BCUT2D eigenvalue weighted by Crippen LogP contribution is 2.31. The number of carbonyl (C=O) groups is 2. The molecule has 0 bridgehead atoms. The van der Waals surface area contributed by atoms with Crippen LogP contribution >= 0.6 is 23.8 Å². The predicted octanol–water partition coefficient (Wildman–Crippen LogP) is 4.69. The number of hydrogen-bond acceptors (Lipinski definition) is 7. The highest BCUT2D eigenvalue weighted by molar-refractivity contribution is 7.80. The molecule has 1 aliphatic heterocycles. The zero-order chi connectivity index (χ0) is 26.5. The number of halogens is 1. The Bertz CT molecular complexity index is 1350. The number of anilines is 2. The summed E-state index contributed by atoms with van der Waals surface area (Å²) in [6, 6.07) is 14.4. The summed E-state index contributed by atoms with van der Waals surface area (Å²) in [6.45, 7) is 4.51. The van der Waals surface area contributed by atoms with Gasteiger partial charge in [0.25, 0.3) is 11.6 Å². The molecule has 2 amide bonds. The van der Waals surface area contributed by atoms with E-state index in [0.29, 0.717) is 43.3 Å². The zero-order valence-electron chi connectivity index (χ0n) is 19.9. The fourth-order valence-electron chi connectivity index (χ4n) is 4.03. The van der Waals surface area contributed by atoms with Crippen molar-refractivity contribution in [3.05, 3.63) is 75.5 Å². The van der Waals surface area contributed by atoms with Crippen molar-refractivity contribution in [2.75, 3.05) is 36.4 Å². The van der Waals surface area contributed by atoms with E-state index in [-0.39, 0.29) is 33.8 Å². The van der Waals surface area contributed by atoms with Crippen LogP contribution in [0.2, 0.25) is 5.02 Å². The van der Waals surface area contributed by atoms with Crippen LogP contribution in [-0.2, 0) is 4.79 Å². The van der Waals surface area contributed by atoms with Gasteiger partial charge in [0.15, 0.2) is 10.9 Å². The normalized spacial score (nSPS) is 13.2. The minimum Gasteiger partial charge on any atom is -0.451 e. The second-order valence-electron chi connectivity index (χ2n) is 8.23. The van der Waals surface area contributed by atoms with E-state index in [9.17, 15) is 19.7 Å². The molecule has 192 valence electrons. The lowest BCUT2D eigenvalue weighted by molar-refractivity contribution is -0.384. The summed E-state index contributed by atoms with van der Waals surface area (Å²) in [5.41, 5.74) is 1.57. The van der Waals surface area contributed by atoms with Crippen LogP contribution in [0.4, 0.5) is 17.1 Å². The summed E-state index contributed by atoms with van der Waals surface area (Å²) < 4.78 is 5.55. The molecule has 12 heteroatoms. The standard InChI is InChI=1S/C25H24ClN5O5S/c1-2-23(32)30-13-11-29(12-14-30)20-8-7-16(15-18(20)26)27-25(37)28-24(33)22-10-9-21(36-22)17-5-3-4-6-19(17)31(34)35/h3-10,15H,2,11-14H2,1H3,(H2,27,28,33,37). The number of nitro groups is 1. The smallest absolute Gasteiger partial charge is 0.293 e. The van der Waals surface area contributed by atoms with Crippen LogP contribution in [0.1, 0.15) is 23.9 Å². The number of amides is 2. The van der Waals surface area contributed by atoms with Gasteiger partial charge in [-0.3, -0.25) is 25.0 Å². The molecule has 0 aliphatic carbocycles. The third-order valence-corrected chi connectivity index (χ3v) is 6.41. The maximum atomic E-state index is 12.6. The van der Waals surface area contributed by atoms with E-state index in [1.54, 1.807) is 30.3 Å². The Morgan fingerprint density at radius 2 is 1.84 bits per heavy atom. The topological polar surface area (TPSA) is 121 Å². The van der Waals surface area contributed by atoms with E-state index < -0.39 is 10.8 Å². The molecule has 1 saturated heterocycles. The largest absolute Gasteiger partial charge is 0.451 e. The Balaban J connectivity index is 1.36. The number of nitrogens with zero attached hydrogens (tertiary/aromatic N) is 3. The number of benzene rings is 2. The number of furan rings is 1. The molecule has 1 fully saturated rings. The molecule has 0 spiro atoms. The Morgan fingerprint density at radius 1 is 1.11 bits per heavy atom. The van der Waals surface area contributed by atoms with Crippen LogP contribution in [0.25, 0.3) is 11.3 Å². The lowest BCUT2D eigenvalue weighted by Gasteiger charge is -2.36. The monoisotopic (exact) mass is 541 g/mol. The number of nitro benzene ring substituents is 1. The van der Waals surface area contributed by atoms with E-state index in [1.807, 2.05) is 17.9 Å². The van der Waals surface area contributed by atoms with Gasteiger partial charge in [-0.25, -0.2) is 0 Å². The van der Waals surface area contributed by atoms with Gasteiger partial charge in [-0.2, -0.15) is 0 Å². The van der Waals surface area contributed by atoms with Crippen molar-refractivity contribution in [2.24, 2.45) is 0 Å². The van der Waals surface area contributed by atoms with Gasteiger partial charge in [0.05, 0.1) is 21.2 Å². The van der Waals surface area contributed by atoms with Crippen LogP contribution in [0.15, 0.2) is 59.0 Å². The minimum absolute atomic E-state index is 0.0316. The van der Waals surface area contributed by atoms with Gasteiger partial charge < -0.3 is 19.5 Å². The average Bonchev–Trinajstić information content (AvgIpc) is 3.39. The summed E-state index contributed by atoms with van der Waals surface area (Å²) in [7, 11) is 0. The van der Waals surface area contributed by atoms with Crippen LogP contribution in [0.3, 0.4) is 0 Å². The molecule has 3 aromatic rings. The van der Waals surface area contributed by atoms with Gasteiger partial charge in [-0.1, -0.05) is 30.7 Å². The molecular weight excluding hydrogens is 518 g/mol. The molecule has 0 unspecified atom stereocenters. The number of nitrogens with one attached hydrogen (secondary N) is 2. The fourth-order valence-corrected chi connectivity index (χ4v) is 4.55. The van der Waals surface area contributed by atoms with Gasteiger partial charge in [-0.15, -0.1) is 0 Å². The second-order valence-corrected chi connectivity index (χ2v) is 9.05. The van der Waals surface area contributed by atoms with Gasteiger partial charge >= 0.3 is 0 Å². The maximum absolute atomic E-state index is 12.6. The Labute approximate surface area is 223 Å². The van der Waals surface area contributed by atoms with Crippen molar-refractivity contribution >= 4 is 57.8 Å². The van der Waals surface area contributed by atoms with E-state index in [0.717, 1.165) is 5.69 Å². The lowest BCUT2D eigenvalue weighted by Crippen LogP contribution is -2.48. The summed E-state index contributed by atoms with van der Waals surface area (Å²) in [6.07, 6.45) is 0.494. The Hall–Kier alpha value is -3.96. The first-order valence-electron chi connectivity index (χ1n) is 11.5. The van der Waals surface area contributed by atoms with Crippen LogP contribution in [-0.4, -0.2) is 52.9 Å². The van der Waals surface area contributed by atoms with Crippen molar-refractivity contribution < 1.29 is 18.9 Å². The maximum Gasteiger partial charge on any atom is 0.293 e. The van der Waals surface area contributed by atoms with Crippen molar-refractivity contribution in [1.82, 2.24) is 10.2 Å². The summed E-state index contributed by atoms with van der Waals surface area (Å²) in [5.74, 6) is -0.317. The summed E-state index contributed by atoms with van der Waals surface area (Å²) >= 11 is 11.8. The predicted molar refractivity (Wildman–Crippen MR) is 145 cm³/mol. The molecule has 4 rings (SSSR count). The summed E-state index contributed by atoms with van der Waals surface area (Å²) in [4.78, 5) is 39.2. The number of carbonyl (C=O) groups excluding carboxylic acids is 2. The molecule has 0 radical (unpaired) electrons. The molecule has 2 heterocycles. The number of piperazine rings is 1. The molecular formula is C25H24ClN5O5S. The van der Waals surface area contributed by atoms with E-state index in [4.69, 9.17) is 28.2 Å². The first-order chi connectivity index (χ1) is 17.8. The van der Waals surface area contributed by atoms with Gasteiger partial charge in [-0.05, 0) is 48.6 Å². The molecule has 2 aromatic carbocycles. The Morgan fingerprint density at radius 3 is 2.51 bits per heavy atom. The number of hydrogen-bond donors (Lipinski definition) is 2. The third kappa shape index (κ3) is 6.07. The first-order valence-corrected chi connectivity index (χ1v) is 12.3. The summed E-state index contributed by atoms with van der Waals surface area (Å²) in [5, 5.41) is 17.3. The number of para-hydroxylation sites is 1. The Kier molecular flexibility index (Phi) is 8.04. The second kappa shape index (κ2) is 11.4. The first kappa shape index (κ1) is 26.1. The quantitative estimate of drug-likeness (QED) is 0.262. The molecule has 1 aromatic heterocycles. The SMILES string of the molecule is CCC(=O)N1CCN(c2ccc(NC(=S)NC(=O)c3ccc(-c4ccccc4[N+](=O)[O-])o3)cc2Cl)CC1. The molecule has 37 heavy (non-hydrogen) atoms. The highest BCUT2D eigenvalue weighted by atomic mass is 35.5. The molecule has 10 nitrogen and oxygen atoms in total. The minimum atomic E-state index is -0.607. The van der Waals surface area contributed by atoms with E-state index in [2.05, 4.69) is 15.5 Å². The molecule has 1 aliphatic rings. The number of thiocarbonyl (C=S) groups is 1. The van der Waals surface area contributed by atoms with E-state index >= 15 is 0 Å². The molecule has 0 atom stereocenters. The van der Waals surface area contributed by atoms with Crippen LogP contribution in [0.5, 0.6) is 0 Å². The van der Waals surface area contributed by atoms with Crippen molar-refractivity contribution in [3.63, 3.8) is 0 Å². The fraction of sp³-hybridized carbons (Fsp3) is 0.240. The number of rotatable bonds is 6. The molecule has 0 saturated carbocycles. The molecule has 2 N–H and O–H groups in total. The van der Waals surface area contributed by atoms with Crippen LogP contribution in [0, 0.1) is 10.1 Å². The van der Waals surface area contributed by atoms with Gasteiger partial charge in [0.1, 0.15) is 5.76 Å². The van der Waals surface area contributed by atoms with Crippen molar-refractivity contribution in [2.45, 2.75) is 13.3 Å². The lowest BCUT2D eigenvalue weighted by atomic mass is 10.1. The average molecular weight is 542 g/mol. The van der Waals surface area contributed by atoms with Crippen molar-refractivity contribution in [3.8, 4) is 11.3 Å². The third-order valence-electron chi connectivity index (χ3n) is 5.90. The van der Waals surface area contributed by atoms with Gasteiger partial charge in [0.2, 0.25) is 5.91 Å². The zero-order valence-corrected chi connectivity index (χ0v) is 21.5. The van der Waals surface area contributed by atoms with Crippen molar-refractivity contribution in [1.29, 1.82) is 0 Å². The highest BCUT2D eigenvalue weighted by Gasteiger charge is 2.22. The van der Waals surface area contributed by atoms with Crippen LogP contribution < -0.4 is 15.5 Å². The van der Waals surface area contributed by atoms with Gasteiger partial charge in [0, 0.05) is 44.4 Å². The van der Waals surface area contributed by atoms with E-state index in [1.165, 1.54) is 18.2 Å².